The van der Waals surface area contributed by atoms with Crippen LogP contribution in [0.3, 0.4) is 0 Å². The van der Waals surface area contributed by atoms with Gasteiger partial charge in [0.2, 0.25) is 0 Å². The van der Waals surface area contributed by atoms with Crippen LogP contribution in [0.5, 0.6) is 0 Å². The monoisotopic (exact) mass is 332 g/mol. The Morgan fingerprint density at radius 2 is 2.14 bits per heavy atom. The van der Waals surface area contributed by atoms with Crippen molar-refractivity contribution in [2.24, 2.45) is 0 Å². The SMILES string of the molecule is Cc1ccc(-c2cc(C(=O)NNc3cccc(Cl)c3)n[nH]2)s1. The predicted molar refractivity (Wildman–Crippen MR) is 89.2 cm³/mol. The minimum atomic E-state index is -0.323. The lowest BCUT2D eigenvalue weighted by molar-refractivity contribution is 0.0957. The molecule has 22 heavy (non-hydrogen) atoms. The predicted octanol–water partition coefficient (Wildman–Crippen LogP) is 3.86. The Kier molecular flexibility index (Phi) is 4.13. The van der Waals surface area contributed by atoms with E-state index >= 15 is 0 Å². The molecule has 0 atom stereocenters. The normalized spacial score (nSPS) is 10.5. The fourth-order valence-corrected chi connectivity index (χ4v) is 2.93. The lowest BCUT2D eigenvalue weighted by Crippen LogP contribution is -2.29. The van der Waals surface area contributed by atoms with Crippen LogP contribution in [0.2, 0.25) is 5.02 Å². The molecule has 3 aromatic rings. The van der Waals surface area contributed by atoms with Crippen molar-refractivity contribution in [2.45, 2.75) is 6.92 Å². The summed E-state index contributed by atoms with van der Waals surface area (Å²) in [6.07, 6.45) is 0. The largest absolute Gasteiger partial charge is 0.298 e. The lowest BCUT2D eigenvalue weighted by atomic mass is 10.3. The lowest BCUT2D eigenvalue weighted by Gasteiger charge is -2.06. The van der Waals surface area contributed by atoms with Gasteiger partial charge in [-0.3, -0.25) is 20.7 Å². The van der Waals surface area contributed by atoms with Gasteiger partial charge in [-0.05, 0) is 43.3 Å². The molecule has 5 nitrogen and oxygen atoms in total. The summed E-state index contributed by atoms with van der Waals surface area (Å²) in [6, 6.07) is 12.8. The van der Waals surface area contributed by atoms with Gasteiger partial charge >= 0.3 is 0 Å². The van der Waals surface area contributed by atoms with Crippen LogP contribution in [0.1, 0.15) is 15.4 Å². The van der Waals surface area contributed by atoms with Gasteiger partial charge in [0.15, 0.2) is 5.69 Å². The average Bonchev–Trinajstić information content (AvgIpc) is 3.13. The highest BCUT2D eigenvalue weighted by Gasteiger charge is 2.12. The number of anilines is 1. The maximum absolute atomic E-state index is 12.1. The summed E-state index contributed by atoms with van der Waals surface area (Å²) in [5, 5.41) is 7.50. The minimum absolute atomic E-state index is 0.315. The first-order valence-electron chi connectivity index (χ1n) is 6.56. The molecule has 0 bridgehead atoms. The van der Waals surface area contributed by atoms with Crippen molar-refractivity contribution in [1.82, 2.24) is 15.6 Å². The number of rotatable bonds is 4. The van der Waals surface area contributed by atoms with Crippen molar-refractivity contribution < 1.29 is 4.79 Å². The van der Waals surface area contributed by atoms with E-state index in [2.05, 4.69) is 21.0 Å². The number of H-pyrrole nitrogens is 1. The van der Waals surface area contributed by atoms with Gasteiger partial charge < -0.3 is 0 Å². The van der Waals surface area contributed by atoms with Gasteiger partial charge in [-0.25, -0.2) is 0 Å². The highest BCUT2D eigenvalue weighted by atomic mass is 35.5. The van der Waals surface area contributed by atoms with E-state index < -0.39 is 0 Å². The Bertz CT molecular complexity index is 811. The van der Waals surface area contributed by atoms with Gasteiger partial charge in [-0.2, -0.15) is 5.10 Å². The number of nitrogens with zero attached hydrogens (tertiary/aromatic N) is 1. The van der Waals surface area contributed by atoms with Crippen LogP contribution in [0.25, 0.3) is 10.6 Å². The number of aryl methyl sites for hydroxylation is 1. The number of nitrogens with one attached hydrogen (secondary N) is 3. The second-order valence-corrected chi connectivity index (χ2v) is 6.39. The van der Waals surface area contributed by atoms with E-state index in [0.717, 1.165) is 10.6 Å². The van der Waals surface area contributed by atoms with Crippen molar-refractivity contribution in [3.05, 3.63) is 58.1 Å². The van der Waals surface area contributed by atoms with E-state index in [1.165, 1.54) is 4.88 Å². The topological polar surface area (TPSA) is 69.8 Å². The van der Waals surface area contributed by atoms with Crippen LogP contribution in [0, 0.1) is 6.92 Å². The number of carbonyl (C=O) groups excluding carboxylic acids is 1. The molecule has 1 amide bonds. The van der Waals surface area contributed by atoms with Gasteiger partial charge in [0, 0.05) is 9.90 Å². The number of aromatic nitrogens is 2. The summed E-state index contributed by atoms with van der Waals surface area (Å²) in [6.45, 7) is 2.03. The van der Waals surface area contributed by atoms with Crippen LogP contribution in [0.4, 0.5) is 5.69 Å². The van der Waals surface area contributed by atoms with Gasteiger partial charge in [-0.1, -0.05) is 17.7 Å². The number of hydrogen-bond acceptors (Lipinski definition) is 4. The van der Waals surface area contributed by atoms with Gasteiger partial charge in [-0.15, -0.1) is 11.3 Å². The molecule has 2 aromatic heterocycles. The molecule has 0 saturated carbocycles. The van der Waals surface area contributed by atoms with Crippen LogP contribution in [-0.2, 0) is 0 Å². The maximum atomic E-state index is 12.1. The van der Waals surface area contributed by atoms with Crippen LogP contribution in [0.15, 0.2) is 42.5 Å². The summed E-state index contributed by atoms with van der Waals surface area (Å²) in [5.74, 6) is -0.323. The zero-order valence-electron chi connectivity index (χ0n) is 11.7. The number of aromatic amines is 1. The summed E-state index contributed by atoms with van der Waals surface area (Å²) >= 11 is 7.53. The molecule has 112 valence electrons. The third kappa shape index (κ3) is 3.29. The van der Waals surface area contributed by atoms with E-state index in [1.54, 1.807) is 41.7 Å². The molecule has 0 aliphatic heterocycles. The second kappa shape index (κ2) is 6.21. The van der Waals surface area contributed by atoms with Crippen LogP contribution in [-0.4, -0.2) is 16.1 Å². The number of hydrazine groups is 1. The zero-order valence-corrected chi connectivity index (χ0v) is 13.3. The standard InChI is InChI=1S/C15H13ClN4OS/c1-9-5-6-14(22-9)12-8-13(19-18-12)15(21)20-17-11-4-2-3-10(16)7-11/h2-8,17H,1H3,(H,18,19)(H,20,21). The van der Waals surface area contributed by atoms with Crippen molar-refractivity contribution in [3.63, 3.8) is 0 Å². The number of halogens is 1. The molecule has 3 rings (SSSR count). The molecule has 0 unspecified atom stereocenters. The highest BCUT2D eigenvalue weighted by molar-refractivity contribution is 7.15. The Balaban J connectivity index is 1.67. The molecular formula is C15H13ClN4OS. The third-order valence-electron chi connectivity index (χ3n) is 2.96. The van der Waals surface area contributed by atoms with E-state index in [0.29, 0.717) is 16.4 Å². The second-order valence-electron chi connectivity index (χ2n) is 4.67. The van der Waals surface area contributed by atoms with Crippen molar-refractivity contribution >= 4 is 34.5 Å². The number of benzene rings is 1. The molecule has 0 fully saturated rings. The summed E-state index contributed by atoms with van der Waals surface area (Å²) in [7, 11) is 0. The maximum Gasteiger partial charge on any atom is 0.290 e. The summed E-state index contributed by atoms with van der Waals surface area (Å²) in [5.41, 5.74) is 7.23. The third-order valence-corrected chi connectivity index (χ3v) is 4.23. The zero-order chi connectivity index (χ0) is 15.5. The summed E-state index contributed by atoms with van der Waals surface area (Å²) < 4.78 is 0. The number of amides is 1. The van der Waals surface area contributed by atoms with Gasteiger partial charge in [0.25, 0.3) is 5.91 Å². The fraction of sp³-hybridized carbons (Fsp3) is 0.0667. The molecule has 0 aliphatic carbocycles. The number of thiophene rings is 1. The Morgan fingerprint density at radius 1 is 1.27 bits per heavy atom. The van der Waals surface area contributed by atoms with Crippen LogP contribution < -0.4 is 10.9 Å². The van der Waals surface area contributed by atoms with E-state index in [9.17, 15) is 4.79 Å². The molecule has 0 radical (unpaired) electrons. The van der Waals surface area contributed by atoms with Gasteiger partial charge in [0.05, 0.1) is 16.3 Å². The minimum Gasteiger partial charge on any atom is -0.298 e. The number of carbonyl (C=O) groups is 1. The molecule has 0 aliphatic rings. The van der Waals surface area contributed by atoms with Crippen molar-refractivity contribution in [1.29, 1.82) is 0 Å². The van der Waals surface area contributed by atoms with Crippen molar-refractivity contribution in [2.75, 3.05) is 5.43 Å². The molecule has 1 aromatic carbocycles. The van der Waals surface area contributed by atoms with E-state index in [1.807, 2.05) is 19.1 Å². The molecule has 3 N–H and O–H groups in total. The molecule has 2 heterocycles. The molecule has 7 heteroatoms. The average molecular weight is 333 g/mol. The first-order valence-corrected chi connectivity index (χ1v) is 7.75. The summed E-state index contributed by atoms with van der Waals surface area (Å²) in [4.78, 5) is 14.3. The molecule has 0 spiro atoms. The van der Waals surface area contributed by atoms with Crippen molar-refractivity contribution in [3.8, 4) is 10.6 Å². The first kappa shape index (κ1) is 14.6. The van der Waals surface area contributed by atoms with E-state index in [-0.39, 0.29) is 5.91 Å². The molecule has 0 saturated heterocycles. The quantitative estimate of drug-likeness (QED) is 0.635. The van der Waals surface area contributed by atoms with E-state index in [4.69, 9.17) is 11.6 Å². The van der Waals surface area contributed by atoms with Gasteiger partial charge in [0.1, 0.15) is 0 Å². The first-order chi connectivity index (χ1) is 10.6. The Hall–Kier alpha value is -2.31. The Morgan fingerprint density at radius 3 is 2.86 bits per heavy atom. The van der Waals surface area contributed by atoms with Crippen LogP contribution >= 0.6 is 22.9 Å². The smallest absolute Gasteiger partial charge is 0.290 e. The Labute approximate surface area is 136 Å². The number of hydrogen-bond donors (Lipinski definition) is 3. The molecular weight excluding hydrogens is 320 g/mol. The highest BCUT2D eigenvalue weighted by Crippen LogP contribution is 2.26. The fourth-order valence-electron chi connectivity index (χ4n) is 1.90.